The van der Waals surface area contributed by atoms with Crippen LogP contribution in [0.1, 0.15) is 23.2 Å². The number of carbonyl (C=O) groups excluding carboxylic acids is 1. The molecule has 1 unspecified atom stereocenters. The predicted octanol–water partition coefficient (Wildman–Crippen LogP) is 1.25. The van der Waals surface area contributed by atoms with E-state index in [0.29, 0.717) is 25.4 Å². The molecule has 0 radical (unpaired) electrons. The Kier molecular flexibility index (Phi) is 3.81. The van der Waals surface area contributed by atoms with Gasteiger partial charge in [-0.25, -0.2) is 4.39 Å². The van der Waals surface area contributed by atoms with Gasteiger partial charge in [-0.05, 0) is 30.9 Å². The molecule has 4 nitrogen and oxygen atoms in total. The molecule has 18 heavy (non-hydrogen) atoms. The van der Waals surface area contributed by atoms with Crippen LogP contribution in [0.4, 0.5) is 10.1 Å². The number of hydrogen-bond acceptors (Lipinski definition) is 3. The smallest absolute Gasteiger partial charge is 0.256 e. The van der Waals surface area contributed by atoms with Crippen LogP contribution in [0.25, 0.3) is 0 Å². The number of likely N-dealkylation sites (tertiary alicyclic amines) is 1. The van der Waals surface area contributed by atoms with E-state index in [1.165, 1.54) is 12.1 Å². The third-order valence-corrected chi connectivity index (χ3v) is 3.39. The Morgan fingerprint density at radius 1 is 1.56 bits per heavy atom. The van der Waals surface area contributed by atoms with Crippen molar-refractivity contribution in [1.82, 2.24) is 4.90 Å². The van der Waals surface area contributed by atoms with E-state index in [1.807, 2.05) is 0 Å². The van der Waals surface area contributed by atoms with Crippen molar-refractivity contribution >= 4 is 11.6 Å². The number of benzene rings is 1. The Morgan fingerprint density at radius 3 is 3.06 bits per heavy atom. The summed E-state index contributed by atoms with van der Waals surface area (Å²) in [6.07, 6.45) is 1.57. The fourth-order valence-electron chi connectivity index (χ4n) is 2.33. The fraction of sp³-hybridized carbons (Fsp3) is 0.462. The maximum Gasteiger partial charge on any atom is 0.256 e. The molecule has 0 spiro atoms. The normalized spacial score (nSPS) is 19.2. The van der Waals surface area contributed by atoms with Gasteiger partial charge in [0.25, 0.3) is 5.91 Å². The highest BCUT2D eigenvalue weighted by molar-refractivity contribution is 5.99. The zero-order valence-corrected chi connectivity index (χ0v) is 10.1. The van der Waals surface area contributed by atoms with Gasteiger partial charge in [-0.3, -0.25) is 4.79 Å². The van der Waals surface area contributed by atoms with Gasteiger partial charge in [0.05, 0.1) is 11.3 Å². The van der Waals surface area contributed by atoms with E-state index in [2.05, 4.69) is 0 Å². The number of rotatable bonds is 3. The molecule has 0 aromatic heterocycles. The summed E-state index contributed by atoms with van der Waals surface area (Å²) in [5.74, 6) is -0.465. The predicted molar refractivity (Wildman–Crippen MR) is 66.5 cm³/mol. The molecule has 1 aliphatic rings. The Balaban J connectivity index is 2.11. The van der Waals surface area contributed by atoms with E-state index in [9.17, 15) is 9.18 Å². The number of amides is 1. The lowest BCUT2D eigenvalue weighted by molar-refractivity contribution is 0.0785. The van der Waals surface area contributed by atoms with Crippen molar-refractivity contribution in [2.45, 2.75) is 12.8 Å². The molecule has 98 valence electrons. The lowest BCUT2D eigenvalue weighted by Crippen LogP contribution is -2.29. The van der Waals surface area contributed by atoms with Crippen molar-refractivity contribution in [1.29, 1.82) is 0 Å². The van der Waals surface area contributed by atoms with Crippen LogP contribution < -0.4 is 5.73 Å². The molecule has 0 aliphatic carbocycles. The quantitative estimate of drug-likeness (QED) is 0.796. The van der Waals surface area contributed by atoms with Crippen LogP contribution in [0.5, 0.6) is 0 Å². The molecule has 1 aliphatic heterocycles. The molecule has 2 rings (SSSR count). The van der Waals surface area contributed by atoms with Crippen LogP contribution in [-0.2, 0) is 0 Å². The molecular weight excluding hydrogens is 235 g/mol. The Bertz CT molecular complexity index is 451. The van der Waals surface area contributed by atoms with Crippen molar-refractivity contribution in [3.63, 3.8) is 0 Å². The highest BCUT2D eigenvalue weighted by Crippen LogP contribution is 2.24. The molecule has 1 aromatic carbocycles. The highest BCUT2D eigenvalue weighted by Gasteiger charge is 2.27. The largest absolute Gasteiger partial charge is 0.396 e. The molecule has 1 saturated heterocycles. The molecule has 0 saturated carbocycles. The molecule has 3 N–H and O–H groups in total. The lowest BCUT2D eigenvalue weighted by Gasteiger charge is -2.17. The van der Waals surface area contributed by atoms with E-state index in [0.717, 1.165) is 6.42 Å². The standard InChI is InChI=1S/C13H17FN2O2/c14-11-3-1-2-10(12(11)15)13(18)16-6-4-9(8-16)5-7-17/h1-3,9,17H,4-8,15H2. The van der Waals surface area contributed by atoms with E-state index >= 15 is 0 Å². The van der Waals surface area contributed by atoms with Gasteiger partial charge in [0.15, 0.2) is 0 Å². The van der Waals surface area contributed by atoms with Crippen molar-refractivity contribution in [3.05, 3.63) is 29.6 Å². The molecule has 1 amide bonds. The lowest BCUT2D eigenvalue weighted by atomic mass is 10.1. The molecule has 1 fully saturated rings. The summed E-state index contributed by atoms with van der Waals surface area (Å²) in [6, 6.07) is 4.27. The zero-order chi connectivity index (χ0) is 13.1. The van der Waals surface area contributed by atoms with Gasteiger partial charge in [0.1, 0.15) is 5.82 Å². The summed E-state index contributed by atoms with van der Waals surface area (Å²) in [5.41, 5.74) is 5.71. The van der Waals surface area contributed by atoms with Crippen LogP contribution in [0.2, 0.25) is 0 Å². The second kappa shape index (κ2) is 5.35. The van der Waals surface area contributed by atoms with Gasteiger partial charge in [0.2, 0.25) is 0 Å². The van der Waals surface area contributed by atoms with Crippen LogP contribution in [0.3, 0.4) is 0 Å². The van der Waals surface area contributed by atoms with Crippen molar-refractivity contribution in [3.8, 4) is 0 Å². The van der Waals surface area contributed by atoms with Crippen LogP contribution in [0, 0.1) is 11.7 Å². The number of anilines is 1. The maximum absolute atomic E-state index is 13.3. The van der Waals surface area contributed by atoms with Crippen LogP contribution >= 0.6 is 0 Å². The summed E-state index contributed by atoms with van der Waals surface area (Å²) < 4.78 is 13.3. The molecule has 1 aromatic rings. The SMILES string of the molecule is Nc1c(F)cccc1C(=O)N1CCC(CCO)C1. The zero-order valence-electron chi connectivity index (χ0n) is 10.1. The number of aliphatic hydroxyl groups is 1. The molecule has 5 heteroatoms. The monoisotopic (exact) mass is 252 g/mol. The van der Waals surface area contributed by atoms with Crippen molar-refractivity contribution in [2.24, 2.45) is 5.92 Å². The first-order chi connectivity index (χ1) is 8.63. The Hall–Kier alpha value is -1.62. The number of nitrogens with two attached hydrogens (primary N) is 1. The summed E-state index contributed by atoms with van der Waals surface area (Å²) in [4.78, 5) is 13.9. The number of para-hydroxylation sites is 1. The van der Waals surface area contributed by atoms with E-state index in [4.69, 9.17) is 10.8 Å². The maximum atomic E-state index is 13.3. The summed E-state index contributed by atoms with van der Waals surface area (Å²) in [7, 11) is 0. The van der Waals surface area contributed by atoms with E-state index in [1.54, 1.807) is 11.0 Å². The van der Waals surface area contributed by atoms with Crippen molar-refractivity contribution in [2.75, 3.05) is 25.4 Å². The number of carbonyl (C=O) groups is 1. The third kappa shape index (κ3) is 2.46. The molecule has 1 atom stereocenters. The Labute approximate surface area is 105 Å². The number of nitrogen functional groups attached to an aromatic ring is 1. The Morgan fingerprint density at radius 2 is 2.33 bits per heavy atom. The molecular formula is C13H17FN2O2. The third-order valence-electron chi connectivity index (χ3n) is 3.39. The number of aliphatic hydroxyl groups excluding tert-OH is 1. The van der Waals surface area contributed by atoms with Gasteiger partial charge in [0, 0.05) is 19.7 Å². The van der Waals surface area contributed by atoms with Gasteiger partial charge in [-0.2, -0.15) is 0 Å². The second-order valence-corrected chi connectivity index (χ2v) is 4.62. The average molecular weight is 252 g/mol. The minimum absolute atomic E-state index is 0.0897. The number of halogens is 1. The van der Waals surface area contributed by atoms with Gasteiger partial charge >= 0.3 is 0 Å². The first-order valence-electron chi connectivity index (χ1n) is 6.07. The summed E-state index contributed by atoms with van der Waals surface area (Å²) in [6.45, 7) is 1.38. The van der Waals surface area contributed by atoms with Crippen LogP contribution in [0.15, 0.2) is 18.2 Å². The summed E-state index contributed by atoms with van der Waals surface area (Å²) in [5, 5.41) is 8.88. The average Bonchev–Trinajstić information content (AvgIpc) is 2.81. The molecule has 1 heterocycles. The van der Waals surface area contributed by atoms with Gasteiger partial charge in [-0.15, -0.1) is 0 Å². The minimum Gasteiger partial charge on any atom is -0.396 e. The van der Waals surface area contributed by atoms with E-state index < -0.39 is 5.82 Å². The van der Waals surface area contributed by atoms with Crippen LogP contribution in [-0.4, -0.2) is 35.6 Å². The molecule has 0 bridgehead atoms. The minimum atomic E-state index is -0.563. The van der Waals surface area contributed by atoms with E-state index in [-0.39, 0.29) is 23.8 Å². The first kappa shape index (κ1) is 12.8. The first-order valence-corrected chi connectivity index (χ1v) is 6.07. The summed E-state index contributed by atoms with van der Waals surface area (Å²) >= 11 is 0. The van der Waals surface area contributed by atoms with Gasteiger partial charge in [-0.1, -0.05) is 6.07 Å². The topological polar surface area (TPSA) is 66.6 Å². The highest BCUT2D eigenvalue weighted by atomic mass is 19.1. The van der Waals surface area contributed by atoms with Gasteiger partial charge < -0.3 is 15.7 Å². The number of hydrogen-bond donors (Lipinski definition) is 2. The number of nitrogens with zero attached hydrogens (tertiary/aromatic N) is 1. The second-order valence-electron chi connectivity index (χ2n) is 4.62. The van der Waals surface area contributed by atoms with Crippen molar-refractivity contribution < 1.29 is 14.3 Å². The fourth-order valence-corrected chi connectivity index (χ4v) is 2.33.